The molecule has 0 aliphatic heterocycles. The fourth-order valence-corrected chi connectivity index (χ4v) is 4.85. The summed E-state index contributed by atoms with van der Waals surface area (Å²) in [6, 6.07) is 0. The number of ketones is 1. The number of allylic oxidation sites excluding steroid dienone is 1. The molecule has 0 amide bonds. The van der Waals surface area contributed by atoms with Crippen LogP contribution in [0, 0.1) is 10.8 Å². The standard InChI is InChI=1S/C17H26O3/c1-16-11-8-14(18)17(9-3-4-10-17)13(16)6-5-7-15(16)20-12-19-2/h6,15H,3-5,7-12H2,1-2H3/t15-,16-/m0/s1. The predicted octanol–water partition coefficient (Wildman–Crippen LogP) is 3.63. The van der Waals surface area contributed by atoms with Crippen LogP contribution in [-0.2, 0) is 14.3 Å². The van der Waals surface area contributed by atoms with Crippen molar-refractivity contribution in [2.75, 3.05) is 13.9 Å². The van der Waals surface area contributed by atoms with Crippen molar-refractivity contribution in [2.24, 2.45) is 10.8 Å². The van der Waals surface area contributed by atoms with Gasteiger partial charge in [-0.1, -0.05) is 31.4 Å². The van der Waals surface area contributed by atoms with Crippen LogP contribution in [0.4, 0.5) is 0 Å². The highest BCUT2D eigenvalue weighted by Gasteiger charge is 2.56. The Balaban J connectivity index is 1.94. The van der Waals surface area contributed by atoms with Gasteiger partial charge in [0.25, 0.3) is 0 Å². The molecule has 0 aromatic carbocycles. The number of fused-ring (bicyclic) bond motifs is 2. The molecule has 20 heavy (non-hydrogen) atoms. The van der Waals surface area contributed by atoms with Crippen molar-refractivity contribution >= 4 is 5.78 Å². The number of rotatable bonds is 3. The van der Waals surface area contributed by atoms with Gasteiger partial charge in [-0.2, -0.15) is 0 Å². The Kier molecular flexibility index (Phi) is 3.76. The van der Waals surface area contributed by atoms with Crippen molar-refractivity contribution in [3.8, 4) is 0 Å². The molecule has 3 aliphatic carbocycles. The molecule has 0 aromatic heterocycles. The Morgan fingerprint density at radius 2 is 2.05 bits per heavy atom. The highest BCUT2D eigenvalue weighted by molar-refractivity contribution is 5.90. The van der Waals surface area contributed by atoms with Crippen molar-refractivity contribution in [3.05, 3.63) is 11.6 Å². The second kappa shape index (κ2) is 5.27. The maximum absolute atomic E-state index is 12.6. The van der Waals surface area contributed by atoms with Crippen LogP contribution in [0.3, 0.4) is 0 Å². The third-order valence-electron chi connectivity index (χ3n) is 5.87. The predicted molar refractivity (Wildman–Crippen MR) is 77.3 cm³/mol. The highest BCUT2D eigenvalue weighted by atomic mass is 16.7. The van der Waals surface area contributed by atoms with Gasteiger partial charge in [-0.25, -0.2) is 0 Å². The Morgan fingerprint density at radius 1 is 1.30 bits per heavy atom. The normalized spacial score (nSPS) is 36.0. The largest absolute Gasteiger partial charge is 0.359 e. The summed E-state index contributed by atoms with van der Waals surface area (Å²) in [4.78, 5) is 12.6. The molecular formula is C17H26O3. The molecule has 3 aliphatic rings. The van der Waals surface area contributed by atoms with Gasteiger partial charge in [-0.3, -0.25) is 4.79 Å². The van der Waals surface area contributed by atoms with E-state index < -0.39 is 0 Å². The molecule has 0 saturated heterocycles. The highest BCUT2D eigenvalue weighted by Crippen LogP contribution is 2.60. The van der Waals surface area contributed by atoms with Crippen LogP contribution in [-0.4, -0.2) is 25.8 Å². The van der Waals surface area contributed by atoms with Crippen LogP contribution in [0.5, 0.6) is 0 Å². The van der Waals surface area contributed by atoms with Crippen LogP contribution in [0.1, 0.15) is 58.3 Å². The third kappa shape index (κ3) is 1.98. The number of carbonyl (C=O) groups excluding carboxylic acids is 1. The van der Waals surface area contributed by atoms with Gasteiger partial charge in [0.15, 0.2) is 0 Å². The fraction of sp³-hybridized carbons (Fsp3) is 0.824. The summed E-state index contributed by atoms with van der Waals surface area (Å²) < 4.78 is 11.1. The van der Waals surface area contributed by atoms with E-state index in [0.717, 1.165) is 38.5 Å². The van der Waals surface area contributed by atoms with E-state index in [1.54, 1.807) is 7.11 Å². The summed E-state index contributed by atoms with van der Waals surface area (Å²) in [5, 5.41) is 0. The van der Waals surface area contributed by atoms with Crippen LogP contribution in [0.2, 0.25) is 0 Å². The second-order valence-corrected chi connectivity index (χ2v) is 6.89. The SMILES string of the molecule is COCO[C@H]1CCC=C2C3(CCCC3)C(=O)CC[C@@]21C. The molecule has 0 radical (unpaired) electrons. The van der Waals surface area contributed by atoms with E-state index in [2.05, 4.69) is 13.0 Å². The number of methoxy groups -OCH3 is 1. The molecule has 3 rings (SSSR count). The second-order valence-electron chi connectivity index (χ2n) is 6.89. The molecule has 0 N–H and O–H groups in total. The topological polar surface area (TPSA) is 35.5 Å². The first-order chi connectivity index (χ1) is 9.63. The van der Waals surface area contributed by atoms with E-state index >= 15 is 0 Å². The average Bonchev–Trinajstić information content (AvgIpc) is 2.92. The first-order valence-electron chi connectivity index (χ1n) is 7.98. The number of Topliss-reactive ketones (excluding diaryl/α,β-unsaturated/α-hetero) is 1. The van der Waals surface area contributed by atoms with E-state index in [1.807, 2.05) is 0 Å². The van der Waals surface area contributed by atoms with E-state index in [0.29, 0.717) is 12.6 Å². The molecule has 3 heteroatoms. The minimum atomic E-state index is -0.137. The zero-order valence-corrected chi connectivity index (χ0v) is 12.7. The molecule has 2 atom stereocenters. The molecule has 0 heterocycles. The first-order valence-corrected chi connectivity index (χ1v) is 7.98. The molecule has 0 bridgehead atoms. The quantitative estimate of drug-likeness (QED) is 0.584. The average molecular weight is 278 g/mol. The monoisotopic (exact) mass is 278 g/mol. The molecule has 112 valence electrons. The Labute approximate surface area is 121 Å². The molecular weight excluding hydrogens is 252 g/mol. The summed E-state index contributed by atoms with van der Waals surface area (Å²) in [6.07, 6.45) is 10.8. The lowest BCUT2D eigenvalue weighted by atomic mass is 9.53. The van der Waals surface area contributed by atoms with Gasteiger partial charge < -0.3 is 9.47 Å². The Bertz CT molecular complexity index is 420. The summed E-state index contributed by atoms with van der Waals surface area (Å²) in [5.74, 6) is 0.492. The lowest BCUT2D eigenvalue weighted by molar-refractivity contribution is -0.141. The van der Waals surface area contributed by atoms with Crippen LogP contribution >= 0.6 is 0 Å². The minimum absolute atomic E-state index is 0.0367. The van der Waals surface area contributed by atoms with Gasteiger partial charge in [0.1, 0.15) is 12.6 Å². The molecule has 1 spiro atoms. The van der Waals surface area contributed by atoms with Crippen molar-refractivity contribution in [1.82, 2.24) is 0 Å². The summed E-state index contributed by atoms with van der Waals surface area (Å²) in [5.41, 5.74) is 1.31. The van der Waals surface area contributed by atoms with Crippen molar-refractivity contribution in [3.63, 3.8) is 0 Å². The van der Waals surface area contributed by atoms with Gasteiger partial charge in [0.2, 0.25) is 0 Å². The van der Waals surface area contributed by atoms with Crippen LogP contribution in [0.25, 0.3) is 0 Å². The van der Waals surface area contributed by atoms with E-state index in [4.69, 9.17) is 9.47 Å². The summed E-state index contributed by atoms with van der Waals surface area (Å²) >= 11 is 0. The van der Waals surface area contributed by atoms with Gasteiger partial charge in [0, 0.05) is 18.9 Å². The molecule has 2 fully saturated rings. The summed E-state index contributed by atoms with van der Waals surface area (Å²) in [6.45, 7) is 2.67. The third-order valence-corrected chi connectivity index (χ3v) is 5.87. The molecule has 0 unspecified atom stereocenters. The number of ether oxygens (including phenoxy) is 2. The zero-order valence-electron chi connectivity index (χ0n) is 12.7. The minimum Gasteiger partial charge on any atom is -0.359 e. The molecule has 0 aromatic rings. The van der Waals surface area contributed by atoms with Crippen molar-refractivity contribution in [1.29, 1.82) is 0 Å². The summed E-state index contributed by atoms with van der Waals surface area (Å²) in [7, 11) is 1.67. The number of hydrogen-bond donors (Lipinski definition) is 0. The van der Waals surface area contributed by atoms with E-state index in [-0.39, 0.29) is 16.9 Å². The number of hydrogen-bond acceptors (Lipinski definition) is 3. The van der Waals surface area contributed by atoms with E-state index in [9.17, 15) is 4.79 Å². The van der Waals surface area contributed by atoms with Gasteiger partial charge in [0.05, 0.1) is 11.5 Å². The number of carbonyl (C=O) groups is 1. The molecule has 3 nitrogen and oxygen atoms in total. The Morgan fingerprint density at radius 3 is 2.75 bits per heavy atom. The Hall–Kier alpha value is -0.670. The van der Waals surface area contributed by atoms with E-state index in [1.165, 1.54) is 18.4 Å². The van der Waals surface area contributed by atoms with Crippen LogP contribution < -0.4 is 0 Å². The van der Waals surface area contributed by atoms with Gasteiger partial charge in [-0.15, -0.1) is 0 Å². The van der Waals surface area contributed by atoms with Crippen LogP contribution in [0.15, 0.2) is 11.6 Å². The smallest absolute Gasteiger partial charge is 0.146 e. The fourth-order valence-electron chi connectivity index (χ4n) is 4.85. The van der Waals surface area contributed by atoms with Gasteiger partial charge >= 0.3 is 0 Å². The maximum Gasteiger partial charge on any atom is 0.146 e. The van der Waals surface area contributed by atoms with Gasteiger partial charge in [-0.05, 0) is 32.1 Å². The zero-order chi connectivity index (χ0) is 14.2. The molecule has 2 saturated carbocycles. The lowest BCUT2D eigenvalue weighted by Crippen LogP contribution is -2.50. The van der Waals surface area contributed by atoms with Crippen molar-refractivity contribution < 1.29 is 14.3 Å². The maximum atomic E-state index is 12.6. The first kappa shape index (κ1) is 14.3. The van der Waals surface area contributed by atoms with Crippen molar-refractivity contribution in [2.45, 2.75) is 64.4 Å². The lowest BCUT2D eigenvalue weighted by Gasteiger charge is -2.52.